The maximum absolute atomic E-state index is 12.6. The fraction of sp³-hybridized carbons (Fsp3) is 0.217. The van der Waals surface area contributed by atoms with Gasteiger partial charge in [-0.2, -0.15) is 5.10 Å². The average molecular weight is 458 g/mol. The topological polar surface area (TPSA) is 76.4 Å². The lowest BCUT2D eigenvalue weighted by Gasteiger charge is -2.29. The summed E-state index contributed by atoms with van der Waals surface area (Å²) in [5, 5.41) is 18.7. The van der Waals surface area contributed by atoms with Crippen LogP contribution in [0.5, 0.6) is 5.75 Å². The standard InChI is InChI=1S/C23H21Cl2N3O3/c1-14(2-3-15-12-26-28(13-15)18-7-4-16(24)5-8-18)27-23(30)22-11-20(29)19-10-17(25)6-9-21(19)31-22/h4-10,12-13,20,22,29H,1-3,11H2,(H,27,30)/t20-,22-/m1/s1. The van der Waals surface area contributed by atoms with Gasteiger partial charge in [0.25, 0.3) is 5.91 Å². The molecule has 0 fully saturated rings. The minimum absolute atomic E-state index is 0.153. The molecule has 3 aromatic rings. The van der Waals surface area contributed by atoms with E-state index in [0.29, 0.717) is 39.9 Å². The molecule has 2 heterocycles. The molecule has 0 aliphatic carbocycles. The van der Waals surface area contributed by atoms with Gasteiger partial charge < -0.3 is 15.2 Å². The summed E-state index contributed by atoms with van der Waals surface area (Å²) in [6, 6.07) is 12.4. The van der Waals surface area contributed by atoms with Gasteiger partial charge in [0.15, 0.2) is 6.10 Å². The zero-order valence-electron chi connectivity index (χ0n) is 16.6. The molecule has 1 aliphatic rings. The molecular formula is C23H21Cl2N3O3. The Labute approximate surface area is 190 Å². The number of aryl methyl sites for hydroxylation is 1. The summed E-state index contributed by atoms with van der Waals surface area (Å²) in [7, 11) is 0. The maximum atomic E-state index is 12.6. The highest BCUT2D eigenvalue weighted by Gasteiger charge is 2.32. The van der Waals surface area contributed by atoms with Crippen LogP contribution in [0.4, 0.5) is 0 Å². The first kappa shape index (κ1) is 21.4. The van der Waals surface area contributed by atoms with Crippen LogP contribution in [0, 0.1) is 0 Å². The van der Waals surface area contributed by atoms with Crippen molar-refractivity contribution in [3.8, 4) is 11.4 Å². The van der Waals surface area contributed by atoms with Gasteiger partial charge in [-0.1, -0.05) is 29.8 Å². The molecule has 31 heavy (non-hydrogen) atoms. The van der Waals surface area contributed by atoms with E-state index in [0.717, 1.165) is 11.3 Å². The van der Waals surface area contributed by atoms with Crippen LogP contribution in [0.25, 0.3) is 5.69 Å². The lowest BCUT2D eigenvalue weighted by molar-refractivity contribution is -0.129. The summed E-state index contributed by atoms with van der Waals surface area (Å²) in [6.45, 7) is 3.94. The molecular weight excluding hydrogens is 437 g/mol. The second-order valence-electron chi connectivity index (χ2n) is 7.40. The Morgan fingerprint density at radius 3 is 2.74 bits per heavy atom. The Bertz CT molecular complexity index is 1110. The SMILES string of the molecule is C=C(CCc1cnn(-c2ccc(Cl)cc2)c1)NC(=O)[C@H]1C[C@@H](O)c2cc(Cl)ccc2O1. The van der Waals surface area contributed by atoms with Crippen molar-refractivity contribution in [2.24, 2.45) is 0 Å². The molecule has 0 spiro atoms. The Morgan fingerprint density at radius 2 is 1.97 bits per heavy atom. The fourth-order valence-electron chi connectivity index (χ4n) is 3.42. The van der Waals surface area contributed by atoms with E-state index in [-0.39, 0.29) is 12.3 Å². The van der Waals surface area contributed by atoms with E-state index in [1.165, 1.54) is 0 Å². The average Bonchev–Trinajstić information content (AvgIpc) is 3.22. The third kappa shape index (κ3) is 5.10. The number of aliphatic hydroxyl groups excluding tert-OH is 1. The van der Waals surface area contributed by atoms with Crippen LogP contribution in [0.15, 0.2) is 67.1 Å². The largest absolute Gasteiger partial charge is 0.480 e. The number of amides is 1. The minimum atomic E-state index is -0.815. The molecule has 2 atom stereocenters. The molecule has 1 aliphatic heterocycles. The number of rotatable bonds is 6. The second-order valence-corrected chi connectivity index (χ2v) is 8.28. The van der Waals surface area contributed by atoms with Crippen molar-refractivity contribution in [1.29, 1.82) is 0 Å². The first-order valence-electron chi connectivity index (χ1n) is 9.81. The number of hydrogen-bond acceptors (Lipinski definition) is 4. The predicted octanol–water partition coefficient (Wildman–Crippen LogP) is 4.63. The van der Waals surface area contributed by atoms with Gasteiger partial charge in [0.2, 0.25) is 0 Å². The van der Waals surface area contributed by atoms with Gasteiger partial charge in [0.05, 0.1) is 18.0 Å². The van der Waals surface area contributed by atoms with Crippen LogP contribution >= 0.6 is 23.2 Å². The van der Waals surface area contributed by atoms with Crippen molar-refractivity contribution in [1.82, 2.24) is 15.1 Å². The van der Waals surface area contributed by atoms with Crippen LogP contribution in [0.2, 0.25) is 10.0 Å². The molecule has 160 valence electrons. The van der Waals surface area contributed by atoms with E-state index < -0.39 is 12.2 Å². The lowest BCUT2D eigenvalue weighted by atomic mass is 9.98. The van der Waals surface area contributed by atoms with Crippen LogP contribution in [0.3, 0.4) is 0 Å². The van der Waals surface area contributed by atoms with Gasteiger partial charge in [-0.05, 0) is 60.9 Å². The first-order valence-corrected chi connectivity index (χ1v) is 10.6. The molecule has 8 heteroatoms. The number of aliphatic hydroxyl groups is 1. The molecule has 0 radical (unpaired) electrons. The fourth-order valence-corrected chi connectivity index (χ4v) is 3.72. The molecule has 2 aromatic carbocycles. The molecule has 0 saturated heterocycles. The van der Waals surface area contributed by atoms with Crippen molar-refractivity contribution in [3.63, 3.8) is 0 Å². The van der Waals surface area contributed by atoms with Crippen molar-refractivity contribution >= 4 is 29.1 Å². The summed E-state index contributed by atoms with van der Waals surface area (Å²) in [6.07, 6.45) is 3.48. The highest BCUT2D eigenvalue weighted by atomic mass is 35.5. The highest BCUT2D eigenvalue weighted by molar-refractivity contribution is 6.30. The summed E-state index contributed by atoms with van der Waals surface area (Å²) >= 11 is 11.9. The van der Waals surface area contributed by atoms with E-state index in [2.05, 4.69) is 17.0 Å². The molecule has 0 bridgehead atoms. The van der Waals surface area contributed by atoms with Crippen molar-refractivity contribution < 1.29 is 14.6 Å². The number of aromatic nitrogens is 2. The molecule has 0 unspecified atom stereocenters. The Hall–Kier alpha value is -2.80. The minimum Gasteiger partial charge on any atom is -0.480 e. The van der Waals surface area contributed by atoms with Crippen molar-refractivity contribution in [3.05, 3.63) is 88.3 Å². The van der Waals surface area contributed by atoms with Crippen molar-refractivity contribution in [2.75, 3.05) is 0 Å². The maximum Gasteiger partial charge on any atom is 0.265 e. The first-order chi connectivity index (χ1) is 14.9. The van der Waals surface area contributed by atoms with Crippen LogP contribution in [0.1, 0.15) is 30.1 Å². The smallest absolute Gasteiger partial charge is 0.265 e. The molecule has 4 rings (SSSR count). The van der Waals surface area contributed by atoms with Gasteiger partial charge in [-0.3, -0.25) is 4.79 Å². The normalized spacial score (nSPS) is 17.5. The highest BCUT2D eigenvalue weighted by Crippen LogP contribution is 2.36. The van der Waals surface area contributed by atoms with E-state index in [1.807, 2.05) is 30.5 Å². The van der Waals surface area contributed by atoms with E-state index in [4.69, 9.17) is 27.9 Å². The van der Waals surface area contributed by atoms with Gasteiger partial charge in [-0.15, -0.1) is 0 Å². The second kappa shape index (κ2) is 9.14. The monoisotopic (exact) mass is 457 g/mol. The number of nitrogens with zero attached hydrogens (tertiary/aromatic N) is 2. The number of fused-ring (bicyclic) bond motifs is 1. The molecule has 2 N–H and O–H groups in total. The van der Waals surface area contributed by atoms with E-state index in [1.54, 1.807) is 29.1 Å². The van der Waals surface area contributed by atoms with Gasteiger partial charge in [0.1, 0.15) is 5.75 Å². The third-order valence-electron chi connectivity index (χ3n) is 5.07. The zero-order valence-corrected chi connectivity index (χ0v) is 18.1. The number of nitrogens with one attached hydrogen (secondary N) is 1. The summed E-state index contributed by atoms with van der Waals surface area (Å²) < 4.78 is 7.52. The number of hydrogen-bond donors (Lipinski definition) is 2. The molecule has 0 saturated carbocycles. The number of ether oxygens (including phenoxy) is 1. The molecule has 1 aromatic heterocycles. The number of carbonyl (C=O) groups is 1. The number of halogens is 2. The Kier molecular flexibility index (Phi) is 6.32. The third-order valence-corrected chi connectivity index (χ3v) is 5.56. The summed E-state index contributed by atoms with van der Waals surface area (Å²) in [5.74, 6) is 0.130. The summed E-state index contributed by atoms with van der Waals surface area (Å²) in [5.41, 5.74) is 3.09. The van der Waals surface area contributed by atoms with E-state index in [9.17, 15) is 9.90 Å². The van der Waals surface area contributed by atoms with Crippen LogP contribution < -0.4 is 10.1 Å². The van der Waals surface area contributed by atoms with Crippen LogP contribution in [-0.4, -0.2) is 26.9 Å². The lowest BCUT2D eigenvalue weighted by Crippen LogP contribution is -2.41. The Balaban J connectivity index is 1.31. The van der Waals surface area contributed by atoms with Gasteiger partial charge in [0, 0.05) is 33.9 Å². The van der Waals surface area contributed by atoms with Gasteiger partial charge in [-0.25, -0.2) is 4.68 Å². The summed E-state index contributed by atoms with van der Waals surface area (Å²) in [4.78, 5) is 12.6. The number of benzene rings is 2. The Morgan fingerprint density at radius 1 is 1.23 bits per heavy atom. The quantitative estimate of drug-likeness (QED) is 0.565. The van der Waals surface area contributed by atoms with Crippen LogP contribution in [-0.2, 0) is 11.2 Å². The molecule has 6 nitrogen and oxygen atoms in total. The predicted molar refractivity (Wildman–Crippen MR) is 120 cm³/mol. The number of allylic oxidation sites excluding steroid dienone is 1. The number of carbonyl (C=O) groups excluding carboxylic acids is 1. The van der Waals surface area contributed by atoms with E-state index >= 15 is 0 Å². The molecule has 1 amide bonds. The zero-order chi connectivity index (χ0) is 22.0. The van der Waals surface area contributed by atoms with Gasteiger partial charge >= 0.3 is 0 Å². The van der Waals surface area contributed by atoms with Crippen molar-refractivity contribution in [2.45, 2.75) is 31.5 Å².